The van der Waals surface area contributed by atoms with E-state index in [2.05, 4.69) is 4.98 Å². The lowest BCUT2D eigenvalue weighted by atomic mass is 9.82. The molecule has 0 saturated heterocycles. The van der Waals surface area contributed by atoms with E-state index >= 15 is 0 Å². The van der Waals surface area contributed by atoms with Crippen LogP contribution in [0.5, 0.6) is 0 Å². The van der Waals surface area contributed by atoms with Gasteiger partial charge in [-0.2, -0.15) is 0 Å². The first-order valence-electron chi connectivity index (χ1n) is 5.74. The summed E-state index contributed by atoms with van der Waals surface area (Å²) in [5.41, 5.74) is 2.04. The summed E-state index contributed by atoms with van der Waals surface area (Å²) in [7, 11) is 0. The highest BCUT2D eigenvalue weighted by atomic mass is 16.1. The summed E-state index contributed by atoms with van der Waals surface area (Å²) in [6, 6.07) is 2.02. The normalized spacial score (nSPS) is 17.7. The van der Waals surface area contributed by atoms with E-state index in [1.165, 1.54) is 37.7 Å². The maximum Gasteiger partial charge on any atom is 0.161 e. The van der Waals surface area contributed by atoms with Crippen LogP contribution in [0.2, 0.25) is 0 Å². The number of hydrogen-bond acceptors (Lipinski definition) is 2. The molecule has 80 valence electrons. The van der Waals surface area contributed by atoms with E-state index in [4.69, 9.17) is 0 Å². The van der Waals surface area contributed by atoms with Crippen LogP contribution in [0.15, 0.2) is 18.5 Å². The van der Waals surface area contributed by atoms with Crippen LogP contribution in [0.1, 0.15) is 60.9 Å². The zero-order chi connectivity index (χ0) is 10.7. The van der Waals surface area contributed by atoms with Crippen LogP contribution in [-0.4, -0.2) is 10.8 Å². The first-order chi connectivity index (χ1) is 7.29. The Labute approximate surface area is 90.7 Å². The molecule has 0 unspecified atom stereocenters. The Balaban J connectivity index is 2.29. The second-order valence-electron chi connectivity index (χ2n) is 4.35. The molecule has 15 heavy (non-hydrogen) atoms. The molecule has 0 radical (unpaired) electrons. The fraction of sp³-hybridized carbons (Fsp3) is 0.538. The van der Waals surface area contributed by atoms with E-state index in [1.54, 1.807) is 19.3 Å². The fourth-order valence-corrected chi connectivity index (χ4v) is 2.47. The van der Waals surface area contributed by atoms with Crippen molar-refractivity contribution in [2.75, 3.05) is 0 Å². The van der Waals surface area contributed by atoms with Crippen molar-refractivity contribution in [3.05, 3.63) is 29.6 Å². The van der Waals surface area contributed by atoms with Gasteiger partial charge in [-0.25, -0.2) is 0 Å². The second-order valence-corrected chi connectivity index (χ2v) is 4.35. The molecule has 2 rings (SSSR count). The Morgan fingerprint density at radius 3 is 2.73 bits per heavy atom. The molecule has 1 aliphatic carbocycles. The standard InChI is InChI=1S/C13H17NO/c1-10(15)13-9-14-8-7-12(13)11-5-3-2-4-6-11/h7-9,11H,2-6H2,1H3. The first kappa shape index (κ1) is 10.3. The third-order valence-corrected chi connectivity index (χ3v) is 3.28. The van der Waals surface area contributed by atoms with Gasteiger partial charge in [-0.3, -0.25) is 9.78 Å². The molecule has 1 aromatic rings. The van der Waals surface area contributed by atoms with Crippen molar-refractivity contribution in [3.8, 4) is 0 Å². The molecule has 1 aromatic heterocycles. The number of aromatic nitrogens is 1. The van der Waals surface area contributed by atoms with Crippen LogP contribution in [0.4, 0.5) is 0 Å². The number of rotatable bonds is 2. The summed E-state index contributed by atoms with van der Waals surface area (Å²) in [5.74, 6) is 0.726. The van der Waals surface area contributed by atoms with Crippen molar-refractivity contribution in [3.63, 3.8) is 0 Å². The summed E-state index contributed by atoms with van der Waals surface area (Å²) in [6.45, 7) is 1.63. The van der Waals surface area contributed by atoms with Crippen LogP contribution in [0, 0.1) is 0 Å². The average Bonchev–Trinajstić information content (AvgIpc) is 2.30. The Bertz CT molecular complexity index is 353. The van der Waals surface area contributed by atoms with E-state index in [0.717, 1.165) is 5.56 Å². The van der Waals surface area contributed by atoms with Crippen molar-refractivity contribution in [1.29, 1.82) is 0 Å². The van der Waals surface area contributed by atoms with Crippen molar-refractivity contribution < 1.29 is 4.79 Å². The van der Waals surface area contributed by atoms with Crippen LogP contribution < -0.4 is 0 Å². The summed E-state index contributed by atoms with van der Waals surface area (Å²) in [5, 5.41) is 0. The first-order valence-corrected chi connectivity index (χ1v) is 5.74. The monoisotopic (exact) mass is 203 g/mol. The molecule has 1 saturated carbocycles. The average molecular weight is 203 g/mol. The molecule has 2 heteroatoms. The van der Waals surface area contributed by atoms with Gasteiger partial charge in [0.05, 0.1) is 0 Å². The molecule has 0 bridgehead atoms. The van der Waals surface area contributed by atoms with Gasteiger partial charge in [-0.05, 0) is 37.3 Å². The molecule has 0 spiro atoms. The van der Waals surface area contributed by atoms with Gasteiger partial charge >= 0.3 is 0 Å². The lowest BCUT2D eigenvalue weighted by molar-refractivity contribution is 0.101. The molecule has 0 N–H and O–H groups in total. The maximum atomic E-state index is 11.5. The molecule has 0 aliphatic heterocycles. The third-order valence-electron chi connectivity index (χ3n) is 3.28. The van der Waals surface area contributed by atoms with E-state index < -0.39 is 0 Å². The molecule has 1 heterocycles. The van der Waals surface area contributed by atoms with Crippen molar-refractivity contribution in [2.24, 2.45) is 0 Å². The van der Waals surface area contributed by atoms with Crippen LogP contribution >= 0.6 is 0 Å². The van der Waals surface area contributed by atoms with Gasteiger partial charge in [0.15, 0.2) is 5.78 Å². The highest BCUT2D eigenvalue weighted by Crippen LogP contribution is 2.34. The molecule has 1 fully saturated rings. The number of hydrogen-bond donors (Lipinski definition) is 0. The Morgan fingerprint density at radius 2 is 2.07 bits per heavy atom. The molecule has 1 aliphatic rings. The van der Waals surface area contributed by atoms with Crippen LogP contribution in [-0.2, 0) is 0 Å². The minimum atomic E-state index is 0.142. The van der Waals surface area contributed by atoms with Gasteiger partial charge < -0.3 is 0 Å². The zero-order valence-electron chi connectivity index (χ0n) is 9.20. The number of ketones is 1. The third kappa shape index (κ3) is 2.25. The van der Waals surface area contributed by atoms with Gasteiger partial charge in [-0.1, -0.05) is 19.3 Å². The van der Waals surface area contributed by atoms with Gasteiger partial charge in [0, 0.05) is 18.0 Å². The number of carbonyl (C=O) groups excluding carboxylic acids is 1. The summed E-state index contributed by atoms with van der Waals surface area (Å²) < 4.78 is 0. The summed E-state index contributed by atoms with van der Waals surface area (Å²) >= 11 is 0. The van der Waals surface area contributed by atoms with Crippen LogP contribution in [0.3, 0.4) is 0 Å². The minimum Gasteiger partial charge on any atom is -0.294 e. The predicted octanol–water partition coefficient (Wildman–Crippen LogP) is 3.33. The molecule has 2 nitrogen and oxygen atoms in total. The highest BCUT2D eigenvalue weighted by Gasteiger charge is 2.19. The smallest absolute Gasteiger partial charge is 0.161 e. The van der Waals surface area contributed by atoms with Gasteiger partial charge in [-0.15, -0.1) is 0 Å². The molecule has 0 aromatic carbocycles. The number of carbonyl (C=O) groups is 1. The molecule has 0 amide bonds. The quantitative estimate of drug-likeness (QED) is 0.690. The minimum absolute atomic E-state index is 0.142. The molecule has 0 atom stereocenters. The van der Waals surface area contributed by atoms with Gasteiger partial charge in [0.1, 0.15) is 0 Å². The number of Topliss-reactive ketones (excluding diaryl/α,β-unsaturated/α-hetero) is 1. The van der Waals surface area contributed by atoms with Gasteiger partial charge in [0.25, 0.3) is 0 Å². The Hall–Kier alpha value is -1.18. The Kier molecular flexibility index (Phi) is 3.14. The SMILES string of the molecule is CC(=O)c1cnccc1C1CCCCC1. The fourth-order valence-electron chi connectivity index (χ4n) is 2.47. The zero-order valence-corrected chi connectivity index (χ0v) is 9.20. The lowest BCUT2D eigenvalue weighted by Crippen LogP contribution is -2.09. The van der Waals surface area contributed by atoms with E-state index in [0.29, 0.717) is 5.92 Å². The van der Waals surface area contributed by atoms with E-state index in [1.807, 2.05) is 6.07 Å². The lowest BCUT2D eigenvalue weighted by Gasteiger charge is -2.23. The predicted molar refractivity (Wildman–Crippen MR) is 60.1 cm³/mol. The Morgan fingerprint density at radius 1 is 1.33 bits per heavy atom. The maximum absolute atomic E-state index is 11.5. The second kappa shape index (κ2) is 4.56. The molecular formula is C13H17NO. The van der Waals surface area contributed by atoms with Gasteiger partial charge in [0.2, 0.25) is 0 Å². The van der Waals surface area contributed by atoms with E-state index in [-0.39, 0.29) is 5.78 Å². The van der Waals surface area contributed by atoms with Crippen molar-refractivity contribution in [1.82, 2.24) is 4.98 Å². The van der Waals surface area contributed by atoms with Crippen molar-refractivity contribution >= 4 is 5.78 Å². The number of nitrogens with zero attached hydrogens (tertiary/aromatic N) is 1. The summed E-state index contributed by atoms with van der Waals surface area (Å²) in [6.07, 6.45) is 9.91. The summed E-state index contributed by atoms with van der Waals surface area (Å²) in [4.78, 5) is 15.5. The van der Waals surface area contributed by atoms with E-state index in [9.17, 15) is 4.79 Å². The highest BCUT2D eigenvalue weighted by molar-refractivity contribution is 5.95. The largest absolute Gasteiger partial charge is 0.294 e. The van der Waals surface area contributed by atoms with Crippen molar-refractivity contribution in [2.45, 2.75) is 44.9 Å². The molecular weight excluding hydrogens is 186 g/mol. The number of pyridine rings is 1. The topological polar surface area (TPSA) is 30.0 Å². The van der Waals surface area contributed by atoms with Crippen LogP contribution in [0.25, 0.3) is 0 Å².